The number of aryl methyl sites for hydroxylation is 1. The summed E-state index contributed by atoms with van der Waals surface area (Å²) in [6.07, 6.45) is 0. The lowest BCUT2D eigenvalue weighted by molar-refractivity contribution is -0.126. The SMILES string of the molecule is COc1c(Cl)ccc(NC(=O)C(N=Nc2cc(C)cc(Cl)c2)C(C)=O)c1OC. The van der Waals surface area contributed by atoms with Crippen LogP contribution in [0.25, 0.3) is 0 Å². The molecule has 148 valence electrons. The third-order valence-corrected chi connectivity index (χ3v) is 4.20. The molecule has 0 aliphatic rings. The second-order valence-electron chi connectivity index (χ2n) is 5.87. The summed E-state index contributed by atoms with van der Waals surface area (Å²) >= 11 is 12.0. The molecule has 1 atom stereocenters. The van der Waals surface area contributed by atoms with Crippen molar-refractivity contribution in [1.29, 1.82) is 0 Å². The number of ketones is 1. The zero-order chi connectivity index (χ0) is 20.8. The van der Waals surface area contributed by atoms with Crippen LogP contribution in [0.15, 0.2) is 40.6 Å². The van der Waals surface area contributed by atoms with Crippen LogP contribution >= 0.6 is 23.2 Å². The van der Waals surface area contributed by atoms with Crippen molar-refractivity contribution in [1.82, 2.24) is 0 Å². The maximum absolute atomic E-state index is 12.6. The zero-order valence-corrected chi connectivity index (χ0v) is 17.3. The van der Waals surface area contributed by atoms with Gasteiger partial charge in [0.05, 0.1) is 30.6 Å². The first-order valence-corrected chi connectivity index (χ1v) is 8.92. The third kappa shape index (κ3) is 5.21. The van der Waals surface area contributed by atoms with Crippen LogP contribution < -0.4 is 14.8 Å². The summed E-state index contributed by atoms with van der Waals surface area (Å²) < 4.78 is 10.5. The Morgan fingerprint density at radius 3 is 2.32 bits per heavy atom. The normalized spacial score (nSPS) is 11.9. The maximum atomic E-state index is 12.6. The molecule has 1 amide bonds. The van der Waals surface area contributed by atoms with Gasteiger partial charge >= 0.3 is 0 Å². The molecule has 7 nitrogen and oxygen atoms in total. The van der Waals surface area contributed by atoms with Crippen molar-refractivity contribution in [3.05, 3.63) is 45.9 Å². The van der Waals surface area contributed by atoms with E-state index < -0.39 is 17.7 Å². The van der Waals surface area contributed by atoms with E-state index in [1.54, 1.807) is 18.2 Å². The molecule has 0 aromatic heterocycles. The van der Waals surface area contributed by atoms with Crippen LogP contribution in [0.2, 0.25) is 10.0 Å². The average molecular weight is 424 g/mol. The van der Waals surface area contributed by atoms with E-state index in [-0.39, 0.29) is 17.2 Å². The molecule has 2 rings (SSSR count). The Labute approximate surface area is 172 Å². The number of hydrogen-bond donors (Lipinski definition) is 1. The summed E-state index contributed by atoms with van der Waals surface area (Å²) in [5, 5.41) is 11.3. The van der Waals surface area contributed by atoms with Gasteiger partial charge in [-0.25, -0.2) is 0 Å². The van der Waals surface area contributed by atoms with Crippen molar-refractivity contribution in [3.8, 4) is 11.5 Å². The molecule has 0 fully saturated rings. The lowest BCUT2D eigenvalue weighted by atomic mass is 10.2. The molecule has 2 aromatic rings. The van der Waals surface area contributed by atoms with Gasteiger partial charge in [0.2, 0.25) is 6.04 Å². The molecule has 0 spiro atoms. The van der Waals surface area contributed by atoms with E-state index in [9.17, 15) is 9.59 Å². The number of ether oxygens (including phenoxy) is 2. The molecule has 2 aromatic carbocycles. The molecule has 0 bridgehead atoms. The molecule has 0 aliphatic heterocycles. The van der Waals surface area contributed by atoms with Crippen molar-refractivity contribution in [2.45, 2.75) is 19.9 Å². The molecular weight excluding hydrogens is 405 g/mol. The molecule has 1 unspecified atom stereocenters. The van der Waals surface area contributed by atoms with Crippen LogP contribution in [0.5, 0.6) is 11.5 Å². The summed E-state index contributed by atoms with van der Waals surface area (Å²) in [4.78, 5) is 24.6. The van der Waals surface area contributed by atoms with Crippen molar-refractivity contribution in [2.24, 2.45) is 10.2 Å². The van der Waals surface area contributed by atoms with Crippen molar-refractivity contribution >= 4 is 46.3 Å². The van der Waals surface area contributed by atoms with Gasteiger partial charge in [-0.05, 0) is 49.7 Å². The zero-order valence-electron chi connectivity index (χ0n) is 15.7. The number of halogens is 2. The molecule has 0 saturated carbocycles. The predicted octanol–water partition coefficient (Wildman–Crippen LogP) is 5.00. The summed E-state index contributed by atoms with van der Waals surface area (Å²) in [6, 6.07) is 6.81. The second kappa shape index (κ2) is 9.52. The number of hydrogen-bond acceptors (Lipinski definition) is 6. The largest absolute Gasteiger partial charge is 0.491 e. The van der Waals surface area contributed by atoms with Gasteiger partial charge in [0, 0.05) is 5.02 Å². The molecule has 28 heavy (non-hydrogen) atoms. The minimum atomic E-state index is -1.34. The van der Waals surface area contributed by atoms with Crippen LogP contribution in [0, 0.1) is 6.92 Å². The number of carbonyl (C=O) groups is 2. The van der Waals surface area contributed by atoms with Crippen LogP contribution in [0.4, 0.5) is 11.4 Å². The highest BCUT2D eigenvalue weighted by Gasteiger charge is 2.25. The van der Waals surface area contributed by atoms with E-state index in [4.69, 9.17) is 32.7 Å². The highest BCUT2D eigenvalue weighted by molar-refractivity contribution is 6.32. The fourth-order valence-electron chi connectivity index (χ4n) is 2.45. The molecule has 0 saturated heterocycles. The molecule has 0 heterocycles. The number of rotatable bonds is 7. The van der Waals surface area contributed by atoms with Gasteiger partial charge in [0.1, 0.15) is 0 Å². The van der Waals surface area contributed by atoms with Crippen molar-refractivity contribution < 1.29 is 19.1 Å². The topological polar surface area (TPSA) is 89.4 Å². The number of carbonyl (C=O) groups excluding carboxylic acids is 2. The first kappa shape index (κ1) is 21.7. The lowest BCUT2D eigenvalue weighted by Gasteiger charge is -2.16. The Morgan fingerprint density at radius 2 is 1.75 bits per heavy atom. The standard InChI is InChI=1S/C19H19Cl2N3O4/c1-10-7-12(20)9-13(8-10)23-24-16(11(2)25)19(26)22-15-6-5-14(21)17(27-3)18(15)28-4/h5-9,16H,1-4H3,(H,22,26). The average Bonchev–Trinajstić information content (AvgIpc) is 2.61. The van der Waals surface area contributed by atoms with E-state index in [0.29, 0.717) is 15.7 Å². The smallest absolute Gasteiger partial charge is 0.258 e. The van der Waals surface area contributed by atoms with E-state index in [2.05, 4.69) is 15.5 Å². The Bertz CT molecular complexity index is 911. The Hall–Kier alpha value is -2.64. The third-order valence-electron chi connectivity index (χ3n) is 3.68. The van der Waals surface area contributed by atoms with Gasteiger partial charge < -0.3 is 14.8 Å². The number of nitrogens with zero attached hydrogens (tertiary/aromatic N) is 2. The first-order valence-electron chi connectivity index (χ1n) is 8.16. The van der Waals surface area contributed by atoms with E-state index >= 15 is 0 Å². The number of methoxy groups -OCH3 is 2. The van der Waals surface area contributed by atoms with Crippen LogP contribution in [-0.4, -0.2) is 32.0 Å². The number of amides is 1. The summed E-state index contributed by atoms with van der Waals surface area (Å²) in [5.74, 6) is -0.650. The number of Topliss-reactive ketones (excluding diaryl/α,β-unsaturated/α-hetero) is 1. The fraction of sp³-hybridized carbons (Fsp3) is 0.263. The quantitative estimate of drug-likeness (QED) is 0.501. The highest BCUT2D eigenvalue weighted by Crippen LogP contribution is 2.40. The van der Waals surface area contributed by atoms with Crippen LogP contribution in [-0.2, 0) is 9.59 Å². The Balaban J connectivity index is 2.29. The number of anilines is 1. The van der Waals surface area contributed by atoms with Gasteiger partial charge in [-0.1, -0.05) is 23.2 Å². The van der Waals surface area contributed by atoms with Crippen LogP contribution in [0.3, 0.4) is 0 Å². The van der Waals surface area contributed by atoms with Gasteiger partial charge in [-0.2, -0.15) is 10.2 Å². The first-order chi connectivity index (χ1) is 13.3. The number of nitrogens with one attached hydrogen (secondary N) is 1. The lowest BCUT2D eigenvalue weighted by Crippen LogP contribution is -2.32. The highest BCUT2D eigenvalue weighted by atomic mass is 35.5. The molecular formula is C19H19Cl2N3O4. The Kier molecular flexibility index (Phi) is 7.37. The van der Waals surface area contributed by atoms with E-state index in [1.165, 1.54) is 33.3 Å². The van der Waals surface area contributed by atoms with Crippen molar-refractivity contribution in [3.63, 3.8) is 0 Å². The summed E-state index contributed by atoms with van der Waals surface area (Å²) in [7, 11) is 2.84. The second-order valence-corrected chi connectivity index (χ2v) is 6.71. The maximum Gasteiger partial charge on any atom is 0.258 e. The number of azo groups is 1. The summed E-state index contributed by atoms with van der Waals surface area (Å²) in [6.45, 7) is 3.10. The fourth-order valence-corrected chi connectivity index (χ4v) is 2.96. The van der Waals surface area contributed by atoms with Crippen molar-refractivity contribution in [2.75, 3.05) is 19.5 Å². The minimum Gasteiger partial charge on any atom is -0.491 e. The minimum absolute atomic E-state index is 0.230. The van der Waals surface area contributed by atoms with Gasteiger partial charge in [-0.3, -0.25) is 9.59 Å². The predicted molar refractivity (Wildman–Crippen MR) is 108 cm³/mol. The molecule has 0 aliphatic carbocycles. The van der Waals surface area contributed by atoms with Gasteiger partial charge in [0.15, 0.2) is 17.3 Å². The van der Waals surface area contributed by atoms with Crippen LogP contribution in [0.1, 0.15) is 12.5 Å². The van der Waals surface area contributed by atoms with E-state index in [0.717, 1.165) is 5.56 Å². The molecule has 1 N–H and O–H groups in total. The summed E-state index contributed by atoms with van der Waals surface area (Å²) in [5.41, 5.74) is 1.60. The Morgan fingerprint density at radius 1 is 1.07 bits per heavy atom. The van der Waals surface area contributed by atoms with Gasteiger partial charge in [-0.15, -0.1) is 0 Å². The molecule has 0 radical (unpaired) electrons. The van der Waals surface area contributed by atoms with E-state index in [1.807, 2.05) is 6.92 Å². The molecule has 9 heteroatoms. The van der Waals surface area contributed by atoms with Gasteiger partial charge in [0.25, 0.3) is 5.91 Å². The monoisotopic (exact) mass is 423 g/mol. The number of benzene rings is 2.